The molecule has 1 saturated carbocycles. The van der Waals surface area contributed by atoms with E-state index >= 15 is 0 Å². The van der Waals surface area contributed by atoms with E-state index in [0.717, 1.165) is 42.9 Å². The standard InChI is InChI=1S/C29H29Cl2N5O/c30-22-15-23(31)17-24(16-22)34-29(37)36(26-10-12-35(13-11-26)25-6-1-2-7-25)27-8-9-28(33-19-27)21-5-3-4-20(14-21)18-32/h3-5,8-9,14-17,19,25-26H,1-2,6-7,10-13H2,(H,34,37). The van der Waals surface area contributed by atoms with E-state index in [-0.39, 0.29) is 12.1 Å². The lowest BCUT2D eigenvalue weighted by Crippen LogP contribution is -2.50. The Morgan fingerprint density at radius 3 is 2.38 bits per heavy atom. The van der Waals surface area contributed by atoms with Crippen molar-refractivity contribution in [1.29, 1.82) is 5.26 Å². The summed E-state index contributed by atoms with van der Waals surface area (Å²) in [4.78, 5) is 22.7. The summed E-state index contributed by atoms with van der Waals surface area (Å²) in [5, 5.41) is 13.1. The number of piperidine rings is 1. The van der Waals surface area contributed by atoms with Crippen LogP contribution in [-0.4, -0.2) is 41.1 Å². The van der Waals surface area contributed by atoms with E-state index in [2.05, 4.69) is 21.3 Å². The molecule has 1 N–H and O–H groups in total. The molecule has 2 heterocycles. The second kappa shape index (κ2) is 11.5. The molecule has 0 unspecified atom stereocenters. The fraction of sp³-hybridized carbons (Fsp3) is 0.345. The van der Waals surface area contributed by atoms with Gasteiger partial charge in [-0.15, -0.1) is 0 Å². The summed E-state index contributed by atoms with van der Waals surface area (Å²) in [6.07, 6.45) is 8.72. The van der Waals surface area contributed by atoms with Crippen molar-refractivity contribution in [2.24, 2.45) is 0 Å². The number of hydrogen-bond donors (Lipinski definition) is 1. The highest BCUT2D eigenvalue weighted by molar-refractivity contribution is 6.35. The van der Waals surface area contributed by atoms with Crippen LogP contribution in [0.2, 0.25) is 10.0 Å². The van der Waals surface area contributed by atoms with Crippen LogP contribution >= 0.6 is 23.2 Å². The number of hydrogen-bond acceptors (Lipinski definition) is 4. The maximum absolute atomic E-state index is 13.7. The highest BCUT2D eigenvalue weighted by Crippen LogP contribution is 2.31. The van der Waals surface area contributed by atoms with Crippen LogP contribution in [0.15, 0.2) is 60.8 Å². The fourth-order valence-corrected chi connectivity index (χ4v) is 6.06. The first kappa shape index (κ1) is 25.5. The van der Waals surface area contributed by atoms with Gasteiger partial charge >= 0.3 is 6.03 Å². The third-order valence-corrected chi connectivity index (χ3v) is 7.79. The molecule has 37 heavy (non-hydrogen) atoms. The average Bonchev–Trinajstić information content (AvgIpc) is 3.44. The fourth-order valence-electron chi connectivity index (χ4n) is 5.53. The molecular weight excluding hydrogens is 505 g/mol. The van der Waals surface area contributed by atoms with Gasteiger partial charge in [0.25, 0.3) is 0 Å². The van der Waals surface area contributed by atoms with Crippen LogP contribution in [0.3, 0.4) is 0 Å². The van der Waals surface area contributed by atoms with Crippen molar-refractivity contribution in [3.05, 3.63) is 76.4 Å². The number of pyridine rings is 1. The largest absolute Gasteiger partial charge is 0.326 e. The topological polar surface area (TPSA) is 72.3 Å². The zero-order chi connectivity index (χ0) is 25.8. The van der Waals surface area contributed by atoms with Gasteiger partial charge in [0, 0.05) is 46.5 Å². The summed E-state index contributed by atoms with van der Waals surface area (Å²) in [6.45, 7) is 1.96. The summed E-state index contributed by atoms with van der Waals surface area (Å²) in [7, 11) is 0. The SMILES string of the molecule is N#Cc1cccc(-c2ccc(N(C(=O)Nc3cc(Cl)cc(Cl)c3)C3CCN(C4CCCC4)CC3)cn2)c1. The van der Waals surface area contributed by atoms with Gasteiger partial charge in [0.2, 0.25) is 0 Å². The zero-order valence-electron chi connectivity index (χ0n) is 20.5. The number of nitrogens with one attached hydrogen (secondary N) is 1. The zero-order valence-corrected chi connectivity index (χ0v) is 22.0. The van der Waals surface area contributed by atoms with E-state index in [1.807, 2.05) is 35.2 Å². The molecule has 1 aromatic heterocycles. The molecule has 190 valence electrons. The molecule has 1 saturated heterocycles. The Kier molecular flexibility index (Phi) is 7.95. The van der Waals surface area contributed by atoms with Gasteiger partial charge in [-0.2, -0.15) is 5.26 Å². The molecule has 1 aliphatic heterocycles. The van der Waals surface area contributed by atoms with Gasteiger partial charge in [0.1, 0.15) is 0 Å². The second-order valence-electron chi connectivity index (χ2n) is 9.76. The van der Waals surface area contributed by atoms with E-state index in [4.69, 9.17) is 23.2 Å². The molecule has 0 atom stereocenters. The van der Waals surface area contributed by atoms with Crippen molar-refractivity contribution >= 4 is 40.6 Å². The van der Waals surface area contributed by atoms with Gasteiger partial charge in [0.15, 0.2) is 0 Å². The van der Waals surface area contributed by atoms with Crippen LogP contribution in [0.5, 0.6) is 0 Å². The van der Waals surface area contributed by atoms with E-state index in [1.54, 1.807) is 30.5 Å². The molecule has 2 amide bonds. The number of carbonyl (C=O) groups excluding carboxylic acids is 1. The average molecular weight is 534 g/mol. The molecule has 5 rings (SSSR count). The maximum atomic E-state index is 13.7. The Balaban J connectivity index is 1.39. The number of rotatable bonds is 5. The van der Waals surface area contributed by atoms with Gasteiger partial charge in [-0.3, -0.25) is 9.88 Å². The lowest BCUT2D eigenvalue weighted by molar-refractivity contribution is 0.153. The van der Waals surface area contributed by atoms with Gasteiger partial charge in [-0.05, 0) is 68.1 Å². The van der Waals surface area contributed by atoms with E-state index in [9.17, 15) is 10.1 Å². The molecule has 1 aliphatic carbocycles. The number of halogens is 2. The van der Waals surface area contributed by atoms with Crippen LogP contribution < -0.4 is 10.2 Å². The number of nitrogens with zero attached hydrogens (tertiary/aromatic N) is 4. The summed E-state index contributed by atoms with van der Waals surface area (Å²) >= 11 is 12.3. The highest BCUT2D eigenvalue weighted by atomic mass is 35.5. The van der Waals surface area contributed by atoms with Crippen molar-refractivity contribution in [2.45, 2.75) is 50.6 Å². The molecule has 0 bridgehead atoms. The van der Waals surface area contributed by atoms with Crippen LogP contribution in [0.1, 0.15) is 44.1 Å². The van der Waals surface area contributed by atoms with Crippen molar-refractivity contribution < 1.29 is 4.79 Å². The smallest absolute Gasteiger partial charge is 0.307 e. The first-order valence-electron chi connectivity index (χ1n) is 12.8. The monoisotopic (exact) mass is 533 g/mol. The van der Waals surface area contributed by atoms with Gasteiger partial charge < -0.3 is 10.2 Å². The molecule has 8 heteroatoms. The molecule has 6 nitrogen and oxygen atoms in total. The summed E-state index contributed by atoms with van der Waals surface area (Å²) in [5.41, 5.74) is 3.47. The Morgan fingerprint density at radius 1 is 1.00 bits per heavy atom. The van der Waals surface area contributed by atoms with Gasteiger partial charge in [0.05, 0.1) is 29.2 Å². The molecule has 3 aromatic rings. The summed E-state index contributed by atoms with van der Waals surface area (Å²) in [5.74, 6) is 0. The Morgan fingerprint density at radius 2 is 1.73 bits per heavy atom. The number of nitriles is 1. The Bertz CT molecular complexity index is 1270. The minimum Gasteiger partial charge on any atom is -0.307 e. The van der Waals surface area contributed by atoms with Crippen LogP contribution in [-0.2, 0) is 0 Å². The summed E-state index contributed by atoms with van der Waals surface area (Å²) < 4.78 is 0. The molecule has 2 aliphatic rings. The quantitative estimate of drug-likeness (QED) is 0.371. The first-order chi connectivity index (χ1) is 18.0. The van der Waals surface area contributed by atoms with E-state index < -0.39 is 0 Å². The Hall–Kier alpha value is -3.11. The van der Waals surface area contributed by atoms with E-state index in [0.29, 0.717) is 27.3 Å². The number of aromatic nitrogens is 1. The van der Waals surface area contributed by atoms with Crippen molar-refractivity contribution in [3.8, 4) is 17.3 Å². The van der Waals surface area contributed by atoms with Crippen LogP contribution in [0.25, 0.3) is 11.3 Å². The number of anilines is 2. The highest BCUT2D eigenvalue weighted by Gasteiger charge is 2.32. The van der Waals surface area contributed by atoms with Crippen LogP contribution in [0, 0.1) is 11.3 Å². The Labute approximate surface area is 227 Å². The third kappa shape index (κ3) is 6.07. The van der Waals surface area contributed by atoms with Gasteiger partial charge in [-0.1, -0.05) is 48.2 Å². The molecule has 0 radical (unpaired) electrons. The number of urea groups is 1. The van der Waals surface area contributed by atoms with E-state index in [1.165, 1.54) is 25.7 Å². The lowest BCUT2D eigenvalue weighted by Gasteiger charge is -2.40. The minimum absolute atomic E-state index is 0.0434. The first-order valence-corrected chi connectivity index (χ1v) is 13.5. The minimum atomic E-state index is -0.237. The van der Waals surface area contributed by atoms with Crippen molar-refractivity contribution in [1.82, 2.24) is 9.88 Å². The van der Waals surface area contributed by atoms with Crippen molar-refractivity contribution in [2.75, 3.05) is 23.3 Å². The number of amides is 2. The third-order valence-electron chi connectivity index (χ3n) is 7.35. The molecule has 2 fully saturated rings. The second-order valence-corrected chi connectivity index (χ2v) is 10.6. The molecule has 2 aromatic carbocycles. The predicted molar refractivity (Wildman–Crippen MR) is 149 cm³/mol. The summed E-state index contributed by atoms with van der Waals surface area (Å²) in [6, 6.07) is 18.9. The number of likely N-dealkylation sites (tertiary alicyclic amines) is 1. The van der Waals surface area contributed by atoms with Gasteiger partial charge in [-0.25, -0.2) is 4.79 Å². The maximum Gasteiger partial charge on any atom is 0.326 e. The number of carbonyl (C=O) groups is 1. The van der Waals surface area contributed by atoms with Crippen LogP contribution in [0.4, 0.5) is 16.2 Å². The normalized spacial score (nSPS) is 16.9. The molecular formula is C29H29Cl2N5O. The molecule has 0 spiro atoms. The number of benzene rings is 2. The lowest BCUT2D eigenvalue weighted by atomic mass is 10.0. The predicted octanol–water partition coefficient (Wildman–Crippen LogP) is 7.37. The van der Waals surface area contributed by atoms with Crippen molar-refractivity contribution in [3.63, 3.8) is 0 Å².